The molecule has 0 saturated heterocycles. The fourth-order valence-electron chi connectivity index (χ4n) is 2.42. The van der Waals surface area contributed by atoms with Gasteiger partial charge < -0.3 is 9.26 Å². The summed E-state index contributed by atoms with van der Waals surface area (Å²) in [6.07, 6.45) is 1.22. The highest BCUT2D eigenvalue weighted by atomic mass is 16.5. The van der Waals surface area contributed by atoms with Crippen molar-refractivity contribution in [3.63, 3.8) is 0 Å². The lowest BCUT2D eigenvalue weighted by Gasteiger charge is -2.11. The van der Waals surface area contributed by atoms with Gasteiger partial charge in [-0.15, -0.1) is 5.10 Å². The Bertz CT molecular complexity index is 969. The summed E-state index contributed by atoms with van der Waals surface area (Å²) < 4.78 is 11.2. The topological polar surface area (TPSA) is 73.9 Å². The van der Waals surface area contributed by atoms with E-state index in [0.717, 1.165) is 11.1 Å². The smallest absolute Gasteiger partial charge is 0.267 e. The van der Waals surface area contributed by atoms with Gasteiger partial charge in [-0.2, -0.15) is 10.1 Å². The molecule has 2 heterocycles. The molecule has 0 aliphatic carbocycles. The number of nitrogens with zero attached hydrogens (tertiary/aromatic N) is 4. The number of fused-ring (bicyclic) bond motifs is 1. The van der Waals surface area contributed by atoms with Gasteiger partial charge in [0.05, 0.1) is 0 Å². The van der Waals surface area contributed by atoms with Crippen LogP contribution in [-0.2, 0) is 0 Å². The van der Waals surface area contributed by atoms with E-state index in [0.29, 0.717) is 17.4 Å². The van der Waals surface area contributed by atoms with Crippen LogP contribution in [-0.4, -0.2) is 20.3 Å². The minimum Gasteiger partial charge on any atom is -0.481 e. The summed E-state index contributed by atoms with van der Waals surface area (Å²) in [6.45, 7) is 1.86. The van der Waals surface area contributed by atoms with Crippen molar-refractivity contribution in [2.75, 3.05) is 0 Å². The molecular formula is C18H14N4O2. The van der Waals surface area contributed by atoms with E-state index in [1.807, 2.05) is 43.3 Å². The van der Waals surface area contributed by atoms with E-state index in [1.165, 1.54) is 5.39 Å². The Balaban J connectivity index is 1.55. The van der Waals surface area contributed by atoms with Crippen molar-refractivity contribution in [3.05, 3.63) is 66.7 Å². The lowest BCUT2D eigenvalue weighted by Crippen LogP contribution is -2.03. The molecule has 0 amide bonds. The van der Waals surface area contributed by atoms with Gasteiger partial charge in [0, 0.05) is 6.20 Å². The molecule has 6 heteroatoms. The Morgan fingerprint density at radius 2 is 1.88 bits per heavy atom. The number of ether oxygens (including phenoxy) is 1. The number of rotatable bonds is 4. The zero-order valence-corrected chi connectivity index (χ0v) is 13.0. The van der Waals surface area contributed by atoms with E-state index in [4.69, 9.17) is 9.26 Å². The molecule has 1 unspecified atom stereocenters. The van der Waals surface area contributed by atoms with E-state index in [2.05, 4.69) is 26.4 Å². The van der Waals surface area contributed by atoms with E-state index in [9.17, 15) is 0 Å². The highest BCUT2D eigenvalue weighted by Gasteiger charge is 2.17. The molecule has 6 nitrogen and oxygen atoms in total. The third kappa shape index (κ3) is 2.81. The van der Waals surface area contributed by atoms with Crippen LogP contribution in [0.3, 0.4) is 0 Å². The van der Waals surface area contributed by atoms with Crippen molar-refractivity contribution < 1.29 is 9.26 Å². The molecule has 0 N–H and O–H groups in total. The van der Waals surface area contributed by atoms with Gasteiger partial charge in [0.2, 0.25) is 5.82 Å². The van der Waals surface area contributed by atoms with Crippen LogP contribution in [0.1, 0.15) is 18.9 Å². The van der Waals surface area contributed by atoms with Crippen molar-refractivity contribution in [1.29, 1.82) is 0 Å². The normalized spacial score (nSPS) is 12.2. The Morgan fingerprint density at radius 3 is 2.71 bits per heavy atom. The number of benzene rings is 2. The highest BCUT2D eigenvalue weighted by molar-refractivity contribution is 5.83. The molecule has 0 fully saturated rings. The Kier molecular flexibility index (Phi) is 3.63. The molecule has 118 valence electrons. The average Bonchev–Trinajstić information content (AvgIpc) is 3.13. The lowest BCUT2D eigenvalue weighted by molar-refractivity contribution is 0.176. The molecule has 0 spiro atoms. The molecule has 0 aliphatic rings. The highest BCUT2D eigenvalue weighted by Crippen LogP contribution is 2.25. The first-order chi connectivity index (χ1) is 11.8. The predicted molar refractivity (Wildman–Crippen MR) is 88.3 cm³/mol. The number of aromatic nitrogens is 4. The van der Waals surface area contributed by atoms with E-state index in [1.54, 1.807) is 18.3 Å². The molecule has 2 aromatic carbocycles. The average molecular weight is 318 g/mol. The maximum absolute atomic E-state index is 5.93. The van der Waals surface area contributed by atoms with E-state index < -0.39 is 0 Å². The van der Waals surface area contributed by atoms with Crippen molar-refractivity contribution >= 4 is 10.8 Å². The molecule has 1 atom stereocenters. The lowest BCUT2D eigenvalue weighted by atomic mass is 10.1. The second kappa shape index (κ2) is 6.08. The largest absolute Gasteiger partial charge is 0.481 e. The first-order valence-corrected chi connectivity index (χ1v) is 7.57. The minimum absolute atomic E-state index is 0.371. The molecule has 24 heavy (non-hydrogen) atoms. The minimum atomic E-state index is -0.371. The number of hydrogen-bond donors (Lipinski definition) is 0. The third-order valence-corrected chi connectivity index (χ3v) is 3.62. The zero-order valence-electron chi connectivity index (χ0n) is 13.0. The van der Waals surface area contributed by atoms with E-state index >= 15 is 0 Å². The standard InChI is InChI=1S/C18H14N4O2/c1-12(18-20-17(22-24-18)16-7-4-10-19-21-16)23-15-9-8-13-5-2-3-6-14(13)11-15/h2-12H,1H3. The summed E-state index contributed by atoms with van der Waals surface area (Å²) >= 11 is 0. The Hall–Kier alpha value is -3.28. The summed E-state index contributed by atoms with van der Waals surface area (Å²) in [5.74, 6) is 1.54. The van der Waals surface area contributed by atoms with E-state index in [-0.39, 0.29) is 6.10 Å². The Labute approximate surface area is 138 Å². The molecule has 2 aromatic heterocycles. The summed E-state index contributed by atoms with van der Waals surface area (Å²) in [6, 6.07) is 17.6. The Morgan fingerprint density at radius 1 is 1.00 bits per heavy atom. The van der Waals surface area contributed by atoms with Crippen LogP contribution in [0.2, 0.25) is 0 Å². The van der Waals surface area contributed by atoms with Gasteiger partial charge in [-0.1, -0.05) is 35.5 Å². The van der Waals surface area contributed by atoms with Crippen molar-refractivity contribution in [2.24, 2.45) is 0 Å². The molecule has 0 bridgehead atoms. The summed E-state index contributed by atoms with van der Waals surface area (Å²) in [5.41, 5.74) is 0.561. The van der Waals surface area contributed by atoms with Gasteiger partial charge in [0.1, 0.15) is 11.4 Å². The van der Waals surface area contributed by atoms with Gasteiger partial charge in [0.25, 0.3) is 5.89 Å². The third-order valence-electron chi connectivity index (χ3n) is 3.62. The predicted octanol–water partition coefficient (Wildman–Crippen LogP) is 3.82. The maximum Gasteiger partial charge on any atom is 0.267 e. The van der Waals surface area contributed by atoms with Crippen LogP contribution in [0.15, 0.2) is 65.3 Å². The van der Waals surface area contributed by atoms with Crippen LogP contribution in [0, 0.1) is 0 Å². The number of hydrogen-bond acceptors (Lipinski definition) is 6. The molecule has 0 saturated carbocycles. The zero-order chi connectivity index (χ0) is 16.4. The summed E-state index contributed by atoms with van der Waals surface area (Å²) in [7, 11) is 0. The molecular weight excluding hydrogens is 304 g/mol. The van der Waals surface area contributed by atoms with Crippen LogP contribution < -0.4 is 4.74 Å². The van der Waals surface area contributed by atoms with Crippen molar-refractivity contribution in [3.8, 4) is 17.3 Å². The second-order valence-corrected chi connectivity index (χ2v) is 5.33. The fourth-order valence-corrected chi connectivity index (χ4v) is 2.42. The van der Waals surface area contributed by atoms with Crippen LogP contribution in [0.4, 0.5) is 0 Å². The quantitative estimate of drug-likeness (QED) is 0.569. The van der Waals surface area contributed by atoms with Gasteiger partial charge in [0.15, 0.2) is 6.10 Å². The molecule has 4 aromatic rings. The molecule has 0 radical (unpaired) electrons. The molecule has 4 rings (SSSR count). The van der Waals surface area contributed by atoms with Crippen LogP contribution in [0.5, 0.6) is 5.75 Å². The maximum atomic E-state index is 5.93. The fraction of sp³-hybridized carbons (Fsp3) is 0.111. The van der Waals surface area contributed by atoms with Crippen LogP contribution in [0.25, 0.3) is 22.3 Å². The molecule has 0 aliphatic heterocycles. The first kappa shape index (κ1) is 14.3. The SMILES string of the molecule is CC(Oc1ccc2ccccc2c1)c1nc(-c2cccnn2)no1. The van der Waals surface area contributed by atoms with Gasteiger partial charge >= 0.3 is 0 Å². The first-order valence-electron chi connectivity index (χ1n) is 7.57. The van der Waals surface area contributed by atoms with Crippen LogP contribution >= 0.6 is 0 Å². The van der Waals surface area contributed by atoms with Gasteiger partial charge in [-0.3, -0.25) is 0 Å². The van der Waals surface area contributed by atoms with Gasteiger partial charge in [-0.05, 0) is 42.0 Å². The second-order valence-electron chi connectivity index (χ2n) is 5.33. The monoisotopic (exact) mass is 318 g/mol. The van der Waals surface area contributed by atoms with Crippen molar-refractivity contribution in [1.82, 2.24) is 20.3 Å². The summed E-state index contributed by atoms with van der Waals surface area (Å²) in [4.78, 5) is 4.33. The van der Waals surface area contributed by atoms with Gasteiger partial charge in [-0.25, -0.2) is 0 Å². The summed E-state index contributed by atoms with van der Waals surface area (Å²) in [5, 5.41) is 14.0. The van der Waals surface area contributed by atoms with Crippen molar-refractivity contribution in [2.45, 2.75) is 13.0 Å².